The van der Waals surface area contributed by atoms with E-state index >= 15 is 0 Å². The molecule has 0 saturated heterocycles. The number of benzene rings is 2. The van der Waals surface area contributed by atoms with Gasteiger partial charge in [-0.2, -0.15) is 0 Å². The van der Waals surface area contributed by atoms with E-state index in [1.165, 1.54) is 39.2 Å². The van der Waals surface area contributed by atoms with E-state index in [0.29, 0.717) is 16.7 Å². The first-order valence-corrected chi connectivity index (χ1v) is 12.8. The van der Waals surface area contributed by atoms with Gasteiger partial charge in [0.25, 0.3) is 5.91 Å². The Kier molecular flexibility index (Phi) is 7.21. The lowest BCUT2D eigenvalue weighted by Gasteiger charge is -2.29. The fourth-order valence-electron chi connectivity index (χ4n) is 5.18. The van der Waals surface area contributed by atoms with Crippen molar-refractivity contribution in [2.75, 3.05) is 6.54 Å². The lowest BCUT2D eigenvalue weighted by atomic mass is 10.0. The Hall–Kier alpha value is -3.03. The monoisotopic (exact) mass is 522 g/mol. The van der Waals surface area contributed by atoms with Crippen LogP contribution in [0.15, 0.2) is 54.7 Å². The molecule has 8 heteroatoms. The maximum absolute atomic E-state index is 11.3. The van der Waals surface area contributed by atoms with Crippen LogP contribution in [0.1, 0.15) is 46.0 Å². The van der Waals surface area contributed by atoms with Gasteiger partial charge < -0.3 is 9.97 Å². The zero-order chi connectivity index (χ0) is 25.2. The quantitative estimate of drug-likeness (QED) is 0.123. The molecule has 5 rings (SSSR count). The highest BCUT2D eigenvalue weighted by atomic mass is 35.5. The number of hydrogen-bond acceptors (Lipinski definition) is 3. The lowest BCUT2D eigenvalue weighted by molar-refractivity contribution is -0.124. The van der Waals surface area contributed by atoms with E-state index in [9.17, 15) is 4.79 Å². The second-order valence-electron chi connectivity index (χ2n) is 9.36. The van der Waals surface area contributed by atoms with Crippen molar-refractivity contribution in [3.8, 4) is 0 Å². The Balaban J connectivity index is 1.40. The van der Waals surface area contributed by atoms with Gasteiger partial charge in [0, 0.05) is 48.0 Å². The van der Waals surface area contributed by atoms with E-state index in [-0.39, 0.29) is 6.04 Å². The first-order chi connectivity index (χ1) is 17.4. The predicted octanol–water partition coefficient (Wildman–Crippen LogP) is 6.36. The van der Waals surface area contributed by atoms with Crippen LogP contribution in [-0.2, 0) is 24.2 Å². The summed E-state index contributed by atoms with van der Waals surface area (Å²) in [4.78, 5) is 20.5. The number of carbonyl (C=O) groups is 1. The van der Waals surface area contributed by atoms with Crippen LogP contribution in [0.3, 0.4) is 0 Å². The van der Waals surface area contributed by atoms with Crippen LogP contribution in [0.25, 0.3) is 17.0 Å². The fourth-order valence-corrected chi connectivity index (χ4v) is 5.54. The van der Waals surface area contributed by atoms with Gasteiger partial charge in [0.15, 0.2) is 0 Å². The van der Waals surface area contributed by atoms with Crippen molar-refractivity contribution in [3.63, 3.8) is 0 Å². The summed E-state index contributed by atoms with van der Waals surface area (Å²) >= 11 is 12.4. The fraction of sp³-hybridized carbons (Fsp3) is 0.250. The smallest absolute Gasteiger partial charge is 0.267 e. The SMILES string of the molecule is Cc1ccc2c(CCN(Cc3cc(Cl)c(Cl)[nH]3)C3CCc4cc(C=CC(=O)NO)ccc43)c[nH]c2c1. The van der Waals surface area contributed by atoms with Crippen molar-refractivity contribution in [3.05, 3.63) is 98.4 Å². The minimum Gasteiger partial charge on any atom is -0.361 e. The molecule has 0 spiro atoms. The van der Waals surface area contributed by atoms with Gasteiger partial charge in [-0.3, -0.25) is 14.9 Å². The standard InChI is InChI=1S/C28H28Cl2N4O2/c1-17-2-6-22-20(15-31-25(22)12-17)10-11-34(16-21-14-24(29)28(30)32-21)26-8-5-19-13-18(3-7-23(19)26)4-9-27(35)33-36/h2-4,6-7,9,12-15,26,31-32,36H,5,8,10-11,16H2,1H3,(H,33,35). The highest BCUT2D eigenvalue weighted by Crippen LogP contribution is 2.38. The molecule has 1 atom stereocenters. The molecule has 36 heavy (non-hydrogen) atoms. The maximum atomic E-state index is 11.3. The highest BCUT2D eigenvalue weighted by Gasteiger charge is 2.28. The third kappa shape index (κ3) is 5.22. The molecule has 1 unspecified atom stereocenters. The largest absolute Gasteiger partial charge is 0.361 e. The second-order valence-corrected chi connectivity index (χ2v) is 10.1. The van der Waals surface area contributed by atoms with E-state index < -0.39 is 5.91 Å². The number of carbonyl (C=O) groups excluding carboxylic acids is 1. The number of halogens is 2. The number of aryl methyl sites for hydroxylation is 2. The third-order valence-electron chi connectivity index (χ3n) is 6.94. The number of amides is 1. The van der Waals surface area contributed by atoms with Gasteiger partial charge in [0.2, 0.25) is 0 Å². The van der Waals surface area contributed by atoms with Crippen molar-refractivity contribution in [2.24, 2.45) is 0 Å². The number of aromatic nitrogens is 2. The molecular weight excluding hydrogens is 495 g/mol. The van der Waals surface area contributed by atoms with Crippen LogP contribution in [0.2, 0.25) is 10.2 Å². The van der Waals surface area contributed by atoms with Crippen LogP contribution < -0.4 is 5.48 Å². The summed E-state index contributed by atoms with van der Waals surface area (Å²) in [7, 11) is 0. The van der Waals surface area contributed by atoms with Gasteiger partial charge in [-0.1, -0.05) is 53.5 Å². The van der Waals surface area contributed by atoms with Crippen LogP contribution in [0, 0.1) is 6.92 Å². The zero-order valence-corrected chi connectivity index (χ0v) is 21.5. The van der Waals surface area contributed by atoms with E-state index in [1.807, 2.05) is 12.1 Å². The minimum atomic E-state index is -0.546. The minimum absolute atomic E-state index is 0.257. The van der Waals surface area contributed by atoms with Gasteiger partial charge >= 0.3 is 0 Å². The van der Waals surface area contributed by atoms with Crippen LogP contribution in [0.4, 0.5) is 0 Å². The number of aromatic amines is 2. The normalized spacial score (nSPS) is 15.3. The number of hydroxylamine groups is 1. The summed E-state index contributed by atoms with van der Waals surface area (Å²) in [5, 5.41) is 11.0. The Morgan fingerprint density at radius 2 is 2.08 bits per heavy atom. The molecule has 1 aliphatic carbocycles. The van der Waals surface area contributed by atoms with Crippen molar-refractivity contribution in [2.45, 2.75) is 38.8 Å². The van der Waals surface area contributed by atoms with Crippen LogP contribution in [-0.4, -0.2) is 32.5 Å². The maximum Gasteiger partial charge on any atom is 0.267 e. The average Bonchev–Trinajstić information content (AvgIpc) is 3.56. The summed E-state index contributed by atoms with van der Waals surface area (Å²) < 4.78 is 0. The van der Waals surface area contributed by atoms with Crippen molar-refractivity contribution < 1.29 is 10.0 Å². The molecular formula is C28H28Cl2N4O2. The number of hydrogen-bond donors (Lipinski definition) is 4. The van der Waals surface area contributed by atoms with Gasteiger partial charge in [0.1, 0.15) is 5.15 Å². The molecule has 2 heterocycles. The highest BCUT2D eigenvalue weighted by molar-refractivity contribution is 6.41. The van der Waals surface area contributed by atoms with Crippen molar-refractivity contribution in [1.82, 2.24) is 20.3 Å². The summed E-state index contributed by atoms with van der Waals surface area (Å²) in [6.45, 7) is 3.68. The molecule has 4 aromatic rings. The molecule has 6 nitrogen and oxygen atoms in total. The molecule has 0 bridgehead atoms. The van der Waals surface area contributed by atoms with E-state index in [2.05, 4.69) is 58.3 Å². The first-order valence-electron chi connectivity index (χ1n) is 12.0. The second kappa shape index (κ2) is 10.5. The molecule has 0 radical (unpaired) electrons. The number of fused-ring (bicyclic) bond motifs is 2. The third-order valence-corrected chi connectivity index (χ3v) is 7.63. The van der Waals surface area contributed by atoms with Crippen molar-refractivity contribution >= 4 is 46.1 Å². The zero-order valence-electron chi connectivity index (χ0n) is 19.9. The molecule has 0 aliphatic heterocycles. The topological polar surface area (TPSA) is 84.2 Å². The molecule has 0 saturated carbocycles. The predicted molar refractivity (Wildman–Crippen MR) is 144 cm³/mol. The molecule has 1 amide bonds. The number of H-pyrrole nitrogens is 2. The summed E-state index contributed by atoms with van der Waals surface area (Å²) in [5.74, 6) is -0.546. The van der Waals surface area contributed by atoms with E-state index in [4.69, 9.17) is 28.4 Å². The Morgan fingerprint density at radius 1 is 1.22 bits per heavy atom. The molecule has 4 N–H and O–H groups in total. The molecule has 1 aliphatic rings. The van der Waals surface area contributed by atoms with Crippen LogP contribution in [0.5, 0.6) is 0 Å². The van der Waals surface area contributed by atoms with Gasteiger partial charge in [-0.15, -0.1) is 0 Å². The summed E-state index contributed by atoms with van der Waals surface area (Å²) in [6, 6.07) is 15.0. The molecule has 186 valence electrons. The molecule has 2 aromatic carbocycles. The van der Waals surface area contributed by atoms with Gasteiger partial charge in [-0.25, -0.2) is 5.48 Å². The Labute approximate surface area is 219 Å². The number of rotatable bonds is 8. The number of nitrogens with zero attached hydrogens (tertiary/aromatic N) is 1. The summed E-state index contributed by atoms with van der Waals surface area (Å²) in [6.07, 6.45) is 8.03. The van der Waals surface area contributed by atoms with E-state index in [0.717, 1.165) is 37.1 Å². The van der Waals surface area contributed by atoms with Gasteiger partial charge in [0.05, 0.1) is 5.02 Å². The Bertz CT molecular complexity index is 1420. The Morgan fingerprint density at radius 3 is 2.86 bits per heavy atom. The average molecular weight is 523 g/mol. The molecule has 0 fully saturated rings. The molecule has 2 aromatic heterocycles. The van der Waals surface area contributed by atoms with Crippen molar-refractivity contribution in [1.29, 1.82) is 0 Å². The van der Waals surface area contributed by atoms with Crippen LogP contribution >= 0.6 is 23.2 Å². The van der Waals surface area contributed by atoms with Gasteiger partial charge in [-0.05, 0) is 72.2 Å². The lowest BCUT2D eigenvalue weighted by Crippen LogP contribution is -2.29. The first kappa shape index (κ1) is 24.7. The summed E-state index contributed by atoms with van der Waals surface area (Å²) in [5.41, 5.74) is 9.84. The van der Waals surface area contributed by atoms with E-state index in [1.54, 1.807) is 11.6 Å². The number of nitrogens with one attached hydrogen (secondary N) is 3.